The van der Waals surface area contributed by atoms with E-state index >= 15 is 0 Å². The molecule has 146 valence electrons. The van der Waals surface area contributed by atoms with Crippen molar-refractivity contribution < 1.29 is 17.9 Å². The molecule has 1 aliphatic rings. The summed E-state index contributed by atoms with van der Waals surface area (Å²) in [6.07, 6.45) is -0.805. The molecule has 1 aromatic carbocycles. The third-order valence-electron chi connectivity index (χ3n) is 4.63. The molecule has 2 heterocycles. The Hall–Kier alpha value is -1.96. The van der Waals surface area contributed by atoms with E-state index in [0.717, 1.165) is 51.0 Å². The highest BCUT2D eigenvalue weighted by Gasteiger charge is 2.30. The van der Waals surface area contributed by atoms with E-state index in [2.05, 4.69) is 14.8 Å². The zero-order valence-corrected chi connectivity index (χ0v) is 15.2. The SMILES string of the molecule is FC(F)(F)c1cccc(CN(CCN2CCOCC2)Cc2cccnc2)c1. The minimum Gasteiger partial charge on any atom is -0.379 e. The minimum absolute atomic E-state index is 0.461. The molecule has 0 bridgehead atoms. The number of benzene rings is 1. The van der Waals surface area contributed by atoms with E-state index in [9.17, 15) is 13.2 Å². The van der Waals surface area contributed by atoms with Crippen LogP contribution in [0.4, 0.5) is 13.2 Å². The molecule has 0 radical (unpaired) electrons. The molecule has 0 atom stereocenters. The number of morpholine rings is 1. The van der Waals surface area contributed by atoms with Gasteiger partial charge < -0.3 is 4.74 Å². The maximum Gasteiger partial charge on any atom is 0.416 e. The second kappa shape index (κ2) is 9.30. The molecule has 0 saturated carbocycles. The molecule has 3 rings (SSSR count). The molecule has 2 aromatic rings. The van der Waals surface area contributed by atoms with Gasteiger partial charge in [-0.25, -0.2) is 0 Å². The Morgan fingerprint density at radius 3 is 2.48 bits per heavy atom. The van der Waals surface area contributed by atoms with Crippen molar-refractivity contribution in [2.24, 2.45) is 0 Å². The summed E-state index contributed by atoms with van der Waals surface area (Å²) in [5.74, 6) is 0. The van der Waals surface area contributed by atoms with Crippen LogP contribution >= 0.6 is 0 Å². The van der Waals surface area contributed by atoms with Crippen molar-refractivity contribution in [1.82, 2.24) is 14.8 Å². The lowest BCUT2D eigenvalue weighted by Gasteiger charge is -2.30. The largest absolute Gasteiger partial charge is 0.416 e. The molecular weight excluding hydrogens is 355 g/mol. The van der Waals surface area contributed by atoms with E-state index in [1.807, 2.05) is 12.1 Å². The van der Waals surface area contributed by atoms with E-state index < -0.39 is 11.7 Å². The van der Waals surface area contributed by atoms with Crippen molar-refractivity contribution in [3.05, 3.63) is 65.5 Å². The molecule has 0 spiro atoms. The first-order chi connectivity index (χ1) is 13.0. The van der Waals surface area contributed by atoms with Gasteiger partial charge in [-0.2, -0.15) is 13.2 Å². The predicted molar refractivity (Wildman–Crippen MR) is 97.1 cm³/mol. The van der Waals surface area contributed by atoms with Gasteiger partial charge in [-0.3, -0.25) is 14.8 Å². The van der Waals surface area contributed by atoms with E-state index in [-0.39, 0.29) is 0 Å². The number of pyridine rings is 1. The lowest BCUT2D eigenvalue weighted by Crippen LogP contribution is -2.41. The van der Waals surface area contributed by atoms with Crippen LogP contribution in [-0.4, -0.2) is 54.2 Å². The van der Waals surface area contributed by atoms with Gasteiger partial charge in [0.15, 0.2) is 0 Å². The zero-order chi connectivity index (χ0) is 19.1. The van der Waals surface area contributed by atoms with Crippen molar-refractivity contribution >= 4 is 0 Å². The van der Waals surface area contributed by atoms with Crippen LogP contribution in [0.5, 0.6) is 0 Å². The Balaban J connectivity index is 1.68. The summed E-state index contributed by atoms with van der Waals surface area (Å²) < 4.78 is 44.4. The van der Waals surface area contributed by atoms with Crippen LogP contribution in [0.2, 0.25) is 0 Å². The highest BCUT2D eigenvalue weighted by Crippen LogP contribution is 2.29. The maximum absolute atomic E-state index is 13.0. The summed E-state index contributed by atoms with van der Waals surface area (Å²) in [6, 6.07) is 9.44. The molecule has 1 fully saturated rings. The number of ether oxygens (including phenoxy) is 1. The van der Waals surface area contributed by atoms with Gasteiger partial charge in [-0.05, 0) is 23.3 Å². The van der Waals surface area contributed by atoms with E-state index in [1.54, 1.807) is 18.5 Å². The van der Waals surface area contributed by atoms with Gasteiger partial charge in [0.25, 0.3) is 0 Å². The number of rotatable bonds is 7. The van der Waals surface area contributed by atoms with Crippen LogP contribution in [0.15, 0.2) is 48.8 Å². The first kappa shape index (κ1) is 19.8. The van der Waals surface area contributed by atoms with Gasteiger partial charge >= 0.3 is 6.18 Å². The summed E-state index contributed by atoms with van der Waals surface area (Å²) >= 11 is 0. The molecule has 1 aromatic heterocycles. The van der Waals surface area contributed by atoms with E-state index in [4.69, 9.17) is 4.74 Å². The summed E-state index contributed by atoms with van der Waals surface area (Å²) in [6.45, 7) is 5.99. The molecule has 0 unspecified atom stereocenters. The smallest absolute Gasteiger partial charge is 0.379 e. The number of hydrogen-bond acceptors (Lipinski definition) is 4. The molecule has 27 heavy (non-hydrogen) atoms. The highest BCUT2D eigenvalue weighted by atomic mass is 19.4. The summed E-state index contributed by atoms with van der Waals surface area (Å²) in [4.78, 5) is 8.63. The quantitative estimate of drug-likeness (QED) is 0.737. The third-order valence-corrected chi connectivity index (χ3v) is 4.63. The monoisotopic (exact) mass is 379 g/mol. The number of aromatic nitrogens is 1. The molecule has 0 aliphatic carbocycles. The molecule has 4 nitrogen and oxygen atoms in total. The molecule has 0 amide bonds. The average molecular weight is 379 g/mol. The summed E-state index contributed by atoms with van der Waals surface area (Å²) in [7, 11) is 0. The molecule has 0 N–H and O–H groups in total. The number of hydrogen-bond donors (Lipinski definition) is 0. The van der Waals surface area contributed by atoms with Gasteiger partial charge in [-0.1, -0.05) is 24.3 Å². The number of halogens is 3. The van der Waals surface area contributed by atoms with Crippen molar-refractivity contribution in [2.75, 3.05) is 39.4 Å². The van der Waals surface area contributed by atoms with Crippen LogP contribution in [-0.2, 0) is 24.0 Å². The van der Waals surface area contributed by atoms with Crippen LogP contribution in [0.3, 0.4) is 0 Å². The predicted octanol–water partition coefficient (Wildman–Crippen LogP) is 3.43. The van der Waals surface area contributed by atoms with Gasteiger partial charge in [-0.15, -0.1) is 0 Å². The maximum atomic E-state index is 13.0. The van der Waals surface area contributed by atoms with E-state index in [1.165, 1.54) is 12.1 Å². The number of alkyl halides is 3. The van der Waals surface area contributed by atoms with Crippen LogP contribution in [0.25, 0.3) is 0 Å². The number of nitrogens with zero attached hydrogens (tertiary/aromatic N) is 3. The van der Waals surface area contributed by atoms with Gasteiger partial charge in [0.1, 0.15) is 0 Å². The zero-order valence-electron chi connectivity index (χ0n) is 15.2. The molecule has 1 aliphatic heterocycles. The average Bonchev–Trinajstić information content (AvgIpc) is 2.67. The van der Waals surface area contributed by atoms with Gasteiger partial charge in [0, 0.05) is 51.7 Å². The Labute approximate surface area is 157 Å². The lowest BCUT2D eigenvalue weighted by atomic mass is 10.1. The Morgan fingerprint density at radius 1 is 1.04 bits per heavy atom. The molecule has 7 heteroatoms. The fourth-order valence-electron chi connectivity index (χ4n) is 3.18. The van der Waals surface area contributed by atoms with Gasteiger partial charge in [0.2, 0.25) is 0 Å². The van der Waals surface area contributed by atoms with Crippen molar-refractivity contribution in [3.63, 3.8) is 0 Å². The van der Waals surface area contributed by atoms with Crippen molar-refractivity contribution in [1.29, 1.82) is 0 Å². The molecule has 1 saturated heterocycles. The van der Waals surface area contributed by atoms with Gasteiger partial charge in [0.05, 0.1) is 18.8 Å². The first-order valence-electron chi connectivity index (χ1n) is 9.08. The Morgan fingerprint density at radius 2 is 1.78 bits per heavy atom. The summed E-state index contributed by atoms with van der Waals surface area (Å²) in [5, 5.41) is 0. The second-order valence-electron chi connectivity index (χ2n) is 6.72. The van der Waals surface area contributed by atoms with E-state index in [0.29, 0.717) is 18.7 Å². The Bertz CT molecular complexity index is 703. The fourth-order valence-corrected chi connectivity index (χ4v) is 3.18. The standard InChI is InChI=1S/C20H24F3N3O/c21-20(22,23)19-5-1-3-17(13-19)15-26(16-18-4-2-6-24-14-18)8-7-25-9-11-27-12-10-25/h1-6,13-14H,7-12,15-16H2. The minimum atomic E-state index is -4.32. The highest BCUT2D eigenvalue weighted by molar-refractivity contribution is 5.25. The summed E-state index contributed by atoms with van der Waals surface area (Å²) in [5.41, 5.74) is 1.11. The van der Waals surface area contributed by atoms with Crippen LogP contribution in [0, 0.1) is 0 Å². The normalized spacial score (nSPS) is 16.0. The van der Waals surface area contributed by atoms with Crippen molar-refractivity contribution in [2.45, 2.75) is 19.3 Å². The van der Waals surface area contributed by atoms with Crippen molar-refractivity contribution in [3.8, 4) is 0 Å². The fraction of sp³-hybridized carbons (Fsp3) is 0.450. The molecular formula is C20H24F3N3O. The third kappa shape index (κ3) is 6.30. The second-order valence-corrected chi connectivity index (χ2v) is 6.72. The van der Waals surface area contributed by atoms with Crippen LogP contribution < -0.4 is 0 Å². The Kier molecular flexibility index (Phi) is 6.82. The topological polar surface area (TPSA) is 28.6 Å². The lowest BCUT2D eigenvalue weighted by molar-refractivity contribution is -0.137. The van der Waals surface area contributed by atoms with Crippen LogP contribution in [0.1, 0.15) is 16.7 Å². The first-order valence-corrected chi connectivity index (χ1v) is 9.08.